The molecule has 0 saturated carbocycles. The minimum atomic E-state index is -0.482. The van der Waals surface area contributed by atoms with Crippen molar-refractivity contribution >= 4 is 40.1 Å². The van der Waals surface area contributed by atoms with Crippen LogP contribution in [0.3, 0.4) is 0 Å². The minimum Gasteiger partial charge on any atom is -0.385 e. The van der Waals surface area contributed by atoms with Gasteiger partial charge in [-0.15, -0.1) is 0 Å². The number of anilines is 1. The Balaban J connectivity index is 1.72. The molecule has 1 atom stereocenters. The number of aliphatic imine (C=N–C) groups is 1. The fourth-order valence-corrected chi connectivity index (χ4v) is 4.18. The van der Waals surface area contributed by atoms with E-state index in [4.69, 9.17) is 4.74 Å². The van der Waals surface area contributed by atoms with Crippen LogP contribution >= 0.6 is 11.8 Å². The van der Waals surface area contributed by atoms with E-state index in [0.29, 0.717) is 24.7 Å². The van der Waals surface area contributed by atoms with E-state index in [1.807, 2.05) is 61.5 Å². The van der Waals surface area contributed by atoms with Gasteiger partial charge in [0.25, 0.3) is 0 Å². The van der Waals surface area contributed by atoms with Gasteiger partial charge in [-0.25, -0.2) is 4.99 Å². The Labute approximate surface area is 175 Å². The van der Waals surface area contributed by atoms with Crippen molar-refractivity contribution in [2.45, 2.75) is 25.0 Å². The van der Waals surface area contributed by atoms with Crippen molar-refractivity contribution in [1.82, 2.24) is 4.90 Å². The normalized spacial score (nSPS) is 17.7. The second kappa shape index (κ2) is 10.2. The van der Waals surface area contributed by atoms with Crippen molar-refractivity contribution in [1.29, 1.82) is 0 Å². The number of hydrogen-bond acceptors (Lipinski definition) is 5. The monoisotopic (exact) mass is 411 g/mol. The van der Waals surface area contributed by atoms with Crippen LogP contribution in [0.4, 0.5) is 11.4 Å². The summed E-state index contributed by atoms with van der Waals surface area (Å²) in [5.41, 5.74) is 2.53. The fourth-order valence-electron chi connectivity index (χ4n) is 2.99. The lowest BCUT2D eigenvalue weighted by molar-refractivity contribution is -0.128. The van der Waals surface area contributed by atoms with Gasteiger partial charge in [-0.2, -0.15) is 0 Å². The van der Waals surface area contributed by atoms with Crippen molar-refractivity contribution in [2.75, 3.05) is 25.6 Å². The molecule has 0 unspecified atom stereocenters. The SMILES string of the molecule is COCCCN1C(=O)[C@H](CC(=O)Nc2ccccc2C)SC1=Nc1ccccc1. The Hall–Kier alpha value is -2.64. The Morgan fingerprint density at radius 2 is 1.90 bits per heavy atom. The van der Waals surface area contributed by atoms with E-state index in [9.17, 15) is 9.59 Å². The van der Waals surface area contributed by atoms with Crippen molar-refractivity contribution in [3.05, 3.63) is 60.2 Å². The fraction of sp³-hybridized carbons (Fsp3) is 0.318. The van der Waals surface area contributed by atoms with E-state index >= 15 is 0 Å². The van der Waals surface area contributed by atoms with E-state index < -0.39 is 5.25 Å². The third kappa shape index (κ3) is 5.68. The highest BCUT2D eigenvalue weighted by Crippen LogP contribution is 2.32. The van der Waals surface area contributed by atoms with Crippen LogP contribution in [0.2, 0.25) is 0 Å². The van der Waals surface area contributed by atoms with Crippen molar-refractivity contribution < 1.29 is 14.3 Å². The van der Waals surface area contributed by atoms with E-state index in [2.05, 4.69) is 10.3 Å². The number of nitrogens with one attached hydrogen (secondary N) is 1. The van der Waals surface area contributed by atoms with Crippen LogP contribution < -0.4 is 5.32 Å². The van der Waals surface area contributed by atoms with E-state index in [-0.39, 0.29) is 18.2 Å². The number of amidine groups is 1. The van der Waals surface area contributed by atoms with Gasteiger partial charge in [-0.3, -0.25) is 14.5 Å². The quantitative estimate of drug-likeness (QED) is 0.667. The number of thioether (sulfide) groups is 1. The molecule has 0 bridgehead atoms. The van der Waals surface area contributed by atoms with Crippen molar-refractivity contribution in [2.24, 2.45) is 4.99 Å². The van der Waals surface area contributed by atoms with Gasteiger partial charge in [-0.1, -0.05) is 48.2 Å². The molecule has 6 nitrogen and oxygen atoms in total. The maximum Gasteiger partial charge on any atom is 0.242 e. The zero-order valence-corrected chi connectivity index (χ0v) is 17.4. The lowest BCUT2D eigenvalue weighted by Crippen LogP contribution is -2.34. The van der Waals surface area contributed by atoms with Gasteiger partial charge < -0.3 is 10.1 Å². The molecule has 1 fully saturated rings. The van der Waals surface area contributed by atoms with Gasteiger partial charge in [-0.05, 0) is 37.1 Å². The average molecular weight is 412 g/mol. The first-order valence-corrected chi connectivity index (χ1v) is 10.4. The summed E-state index contributed by atoms with van der Waals surface area (Å²) in [5.74, 6) is -0.260. The molecule has 7 heteroatoms. The van der Waals surface area contributed by atoms with Crippen molar-refractivity contribution in [3.8, 4) is 0 Å². The number of methoxy groups -OCH3 is 1. The van der Waals surface area contributed by atoms with Crippen LogP contribution in [0.5, 0.6) is 0 Å². The maximum atomic E-state index is 13.0. The Kier molecular flexibility index (Phi) is 7.43. The molecular formula is C22H25N3O3S. The smallest absolute Gasteiger partial charge is 0.242 e. The third-order valence-electron chi connectivity index (χ3n) is 4.52. The van der Waals surface area contributed by atoms with Crippen LogP contribution in [0.15, 0.2) is 59.6 Å². The van der Waals surface area contributed by atoms with Gasteiger partial charge in [0.1, 0.15) is 5.25 Å². The van der Waals surface area contributed by atoms with Gasteiger partial charge in [0.2, 0.25) is 11.8 Å². The van der Waals surface area contributed by atoms with Gasteiger partial charge in [0.15, 0.2) is 5.17 Å². The Bertz CT molecular complexity index is 886. The number of para-hydroxylation sites is 2. The first-order chi connectivity index (χ1) is 14.1. The highest BCUT2D eigenvalue weighted by molar-refractivity contribution is 8.15. The number of carbonyl (C=O) groups is 2. The van der Waals surface area contributed by atoms with Crippen LogP contribution in [-0.4, -0.2) is 47.4 Å². The number of hydrogen-bond donors (Lipinski definition) is 1. The highest BCUT2D eigenvalue weighted by Gasteiger charge is 2.38. The number of aryl methyl sites for hydroxylation is 1. The summed E-state index contributed by atoms with van der Waals surface area (Å²) in [5, 5.41) is 3.05. The number of amides is 2. The minimum absolute atomic E-state index is 0.0827. The second-order valence-corrected chi connectivity index (χ2v) is 7.91. The number of carbonyl (C=O) groups excluding carboxylic acids is 2. The van der Waals surface area contributed by atoms with E-state index in [1.165, 1.54) is 11.8 Å². The molecule has 1 aliphatic rings. The summed E-state index contributed by atoms with van der Waals surface area (Å²) in [6, 6.07) is 17.1. The molecule has 1 saturated heterocycles. The van der Waals surface area contributed by atoms with Gasteiger partial charge >= 0.3 is 0 Å². The summed E-state index contributed by atoms with van der Waals surface area (Å²) in [4.78, 5) is 31.8. The standard InChI is InChI=1S/C22H25N3O3S/c1-16-9-6-7-12-18(16)24-20(26)15-19-21(27)25(13-8-14-28-2)22(29-19)23-17-10-4-3-5-11-17/h3-7,9-12,19H,8,13-15H2,1-2H3,(H,24,26)/t19-/m0/s1. The molecule has 2 amide bonds. The summed E-state index contributed by atoms with van der Waals surface area (Å²) in [6.45, 7) is 3.01. The predicted molar refractivity (Wildman–Crippen MR) is 118 cm³/mol. The molecule has 152 valence electrons. The molecule has 1 aliphatic heterocycles. The highest BCUT2D eigenvalue weighted by atomic mass is 32.2. The maximum absolute atomic E-state index is 13.0. The van der Waals surface area contributed by atoms with Crippen LogP contribution in [-0.2, 0) is 14.3 Å². The number of benzene rings is 2. The lowest BCUT2D eigenvalue weighted by Gasteiger charge is -2.16. The summed E-state index contributed by atoms with van der Waals surface area (Å²) >= 11 is 1.35. The lowest BCUT2D eigenvalue weighted by atomic mass is 10.2. The summed E-state index contributed by atoms with van der Waals surface area (Å²) in [7, 11) is 1.64. The molecule has 29 heavy (non-hydrogen) atoms. The second-order valence-electron chi connectivity index (χ2n) is 6.74. The number of nitrogens with zero attached hydrogens (tertiary/aromatic N) is 2. The summed E-state index contributed by atoms with van der Waals surface area (Å²) < 4.78 is 5.11. The largest absolute Gasteiger partial charge is 0.385 e. The molecule has 0 radical (unpaired) electrons. The Morgan fingerprint density at radius 1 is 1.17 bits per heavy atom. The van der Waals surface area contributed by atoms with E-state index in [1.54, 1.807) is 12.0 Å². The zero-order valence-electron chi connectivity index (χ0n) is 16.6. The molecule has 0 aliphatic carbocycles. The molecule has 1 heterocycles. The third-order valence-corrected chi connectivity index (χ3v) is 5.70. The van der Waals surface area contributed by atoms with Gasteiger partial charge in [0.05, 0.1) is 5.69 Å². The molecule has 1 N–H and O–H groups in total. The van der Waals surface area contributed by atoms with Crippen molar-refractivity contribution in [3.63, 3.8) is 0 Å². The molecule has 2 aromatic carbocycles. The molecule has 0 aromatic heterocycles. The molecule has 0 spiro atoms. The first kappa shape index (κ1) is 21.1. The predicted octanol–water partition coefficient (Wildman–Crippen LogP) is 3.99. The van der Waals surface area contributed by atoms with Crippen LogP contribution in [0.25, 0.3) is 0 Å². The average Bonchev–Trinajstić information content (AvgIpc) is 2.99. The van der Waals surface area contributed by atoms with Crippen LogP contribution in [0, 0.1) is 6.92 Å². The summed E-state index contributed by atoms with van der Waals surface area (Å²) in [6.07, 6.45) is 0.811. The van der Waals surface area contributed by atoms with E-state index in [0.717, 1.165) is 16.9 Å². The molecule has 3 rings (SSSR count). The zero-order chi connectivity index (χ0) is 20.6. The Morgan fingerprint density at radius 3 is 2.62 bits per heavy atom. The van der Waals surface area contributed by atoms with Crippen LogP contribution in [0.1, 0.15) is 18.4 Å². The number of ether oxygens (including phenoxy) is 1. The molecule has 2 aromatic rings. The number of rotatable bonds is 8. The van der Waals surface area contributed by atoms with Gasteiger partial charge in [0, 0.05) is 32.4 Å². The first-order valence-electron chi connectivity index (χ1n) is 9.54. The topological polar surface area (TPSA) is 71.0 Å². The molecular weight excluding hydrogens is 386 g/mol.